The van der Waals surface area contributed by atoms with E-state index >= 15 is 0 Å². The summed E-state index contributed by atoms with van der Waals surface area (Å²) in [5.41, 5.74) is 0.442. The van der Waals surface area contributed by atoms with Gasteiger partial charge in [0.25, 0.3) is 0 Å². The first kappa shape index (κ1) is 9.44. The maximum absolute atomic E-state index is 11.3. The summed E-state index contributed by atoms with van der Waals surface area (Å²) in [4.78, 5) is 21.8. The van der Waals surface area contributed by atoms with E-state index in [1.54, 1.807) is 14.0 Å². The molecule has 0 radical (unpaired) electrons. The van der Waals surface area contributed by atoms with Crippen LogP contribution in [0.2, 0.25) is 0 Å². The van der Waals surface area contributed by atoms with Crippen molar-refractivity contribution < 1.29 is 14.3 Å². The highest BCUT2D eigenvalue weighted by atomic mass is 16.5. The van der Waals surface area contributed by atoms with Crippen LogP contribution in [0.25, 0.3) is 0 Å². The third-order valence-electron chi connectivity index (χ3n) is 1.56. The zero-order chi connectivity index (χ0) is 9.84. The van der Waals surface area contributed by atoms with Crippen LogP contribution >= 0.6 is 0 Å². The topological polar surface area (TPSA) is 61.2 Å². The Morgan fingerprint density at radius 3 is 3.00 bits per heavy atom. The molecular weight excluding hydrogens is 172 g/mol. The summed E-state index contributed by atoms with van der Waals surface area (Å²) in [6.45, 7) is 1.98. The van der Waals surface area contributed by atoms with Gasteiger partial charge >= 0.3 is 5.97 Å². The third-order valence-corrected chi connectivity index (χ3v) is 1.56. The van der Waals surface area contributed by atoms with E-state index < -0.39 is 5.97 Å². The Kier molecular flexibility index (Phi) is 2.79. The molecule has 0 aromatic carbocycles. The number of carbonyl (C=O) groups excluding carboxylic acids is 2. The minimum absolute atomic E-state index is 0.192. The van der Waals surface area contributed by atoms with Gasteiger partial charge in [-0.15, -0.1) is 0 Å². The van der Waals surface area contributed by atoms with Crippen molar-refractivity contribution in [2.75, 3.05) is 6.61 Å². The second-order valence-electron chi connectivity index (χ2n) is 2.41. The summed E-state index contributed by atoms with van der Waals surface area (Å²) >= 11 is 0. The fraction of sp³-hybridized carbons (Fsp3) is 0.375. The zero-order valence-corrected chi connectivity index (χ0v) is 7.48. The molecule has 5 heteroatoms. The van der Waals surface area contributed by atoms with Crippen LogP contribution < -0.4 is 0 Å². The summed E-state index contributed by atoms with van der Waals surface area (Å²) in [7, 11) is 1.58. The average molecular weight is 182 g/mol. The lowest BCUT2D eigenvalue weighted by molar-refractivity contribution is 0.0511. The molecule has 5 nitrogen and oxygen atoms in total. The van der Waals surface area contributed by atoms with Gasteiger partial charge in [-0.25, -0.2) is 4.79 Å². The molecule has 0 bridgehead atoms. The van der Waals surface area contributed by atoms with Crippen LogP contribution in [0.4, 0.5) is 0 Å². The van der Waals surface area contributed by atoms with E-state index in [2.05, 4.69) is 5.10 Å². The van der Waals surface area contributed by atoms with Gasteiger partial charge in [-0.05, 0) is 6.92 Å². The average Bonchev–Trinajstić information content (AvgIpc) is 2.47. The van der Waals surface area contributed by atoms with Crippen molar-refractivity contribution >= 4 is 12.3 Å². The molecule has 1 heterocycles. The molecule has 0 saturated carbocycles. The Morgan fingerprint density at radius 1 is 1.77 bits per heavy atom. The maximum Gasteiger partial charge on any atom is 0.357 e. The molecule has 0 saturated heterocycles. The predicted octanol–water partition coefficient (Wildman–Crippen LogP) is 0.409. The number of carbonyl (C=O) groups is 2. The lowest BCUT2D eigenvalue weighted by atomic mass is 10.3. The van der Waals surface area contributed by atoms with Gasteiger partial charge < -0.3 is 4.74 Å². The predicted molar refractivity (Wildman–Crippen MR) is 44.6 cm³/mol. The first-order chi connectivity index (χ1) is 6.20. The highest BCUT2D eigenvalue weighted by molar-refractivity contribution is 5.96. The molecule has 0 atom stereocenters. The molecular formula is C8H10N2O3. The molecule has 0 aliphatic carbocycles. The molecule has 0 amide bonds. The Balaban J connectivity index is 3.03. The first-order valence-electron chi connectivity index (χ1n) is 3.85. The number of aryl methyl sites for hydroxylation is 1. The minimum atomic E-state index is -0.524. The number of hydrogen-bond donors (Lipinski definition) is 0. The molecule has 0 N–H and O–H groups in total. The highest BCUT2D eigenvalue weighted by Crippen LogP contribution is 2.06. The third kappa shape index (κ3) is 1.74. The smallest absolute Gasteiger partial charge is 0.357 e. The van der Waals surface area contributed by atoms with Crippen LogP contribution in [0.1, 0.15) is 27.8 Å². The number of aldehydes is 1. The Morgan fingerprint density at radius 2 is 2.46 bits per heavy atom. The fourth-order valence-corrected chi connectivity index (χ4v) is 0.990. The molecule has 0 spiro atoms. The maximum atomic E-state index is 11.3. The number of nitrogens with zero attached hydrogens (tertiary/aromatic N) is 2. The van der Waals surface area contributed by atoms with Crippen molar-refractivity contribution in [3.63, 3.8) is 0 Å². The summed E-state index contributed by atoms with van der Waals surface area (Å²) in [6.07, 6.45) is 1.92. The van der Waals surface area contributed by atoms with Gasteiger partial charge in [-0.3, -0.25) is 9.48 Å². The van der Waals surface area contributed by atoms with E-state index in [4.69, 9.17) is 4.74 Å². The van der Waals surface area contributed by atoms with Gasteiger partial charge in [0.1, 0.15) is 0 Å². The molecule has 1 aromatic rings. The minimum Gasteiger partial charge on any atom is -0.461 e. The van der Waals surface area contributed by atoms with Crippen molar-refractivity contribution in [1.82, 2.24) is 9.78 Å². The summed E-state index contributed by atoms with van der Waals surface area (Å²) < 4.78 is 6.07. The van der Waals surface area contributed by atoms with Gasteiger partial charge in [0.05, 0.1) is 18.4 Å². The van der Waals surface area contributed by atoms with Crippen molar-refractivity contribution in [2.24, 2.45) is 7.05 Å². The quantitative estimate of drug-likeness (QED) is 0.501. The normalized spacial score (nSPS) is 9.69. The van der Waals surface area contributed by atoms with Gasteiger partial charge in [0.15, 0.2) is 12.0 Å². The van der Waals surface area contributed by atoms with Crippen LogP contribution in [0.3, 0.4) is 0 Å². The summed E-state index contributed by atoms with van der Waals surface area (Å²) in [5.74, 6) is -0.524. The standard InChI is InChI=1S/C8H10N2O3/c1-3-13-8(12)7-6(5-11)4-9-10(7)2/h4-5H,3H2,1-2H3. The van der Waals surface area contributed by atoms with Crippen LogP contribution in [-0.2, 0) is 11.8 Å². The summed E-state index contributed by atoms with van der Waals surface area (Å²) in [6, 6.07) is 0. The van der Waals surface area contributed by atoms with Crippen LogP contribution in [0, 0.1) is 0 Å². The molecule has 70 valence electrons. The molecule has 0 aliphatic rings. The van der Waals surface area contributed by atoms with E-state index in [-0.39, 0.29) is 17.9 Å². The number of esters is 1. The number of rotatable bonds is 3. The first-order valence-corrected chi connectivity index (χ1v) is 3.85. The van der Waals surface area contributed by atoms with E-state index in [1.807, 2.05) is 0 Å². The molecule has 0 fully saturated rings. The molecule has 13 heavy (non-hydrogen) atoms. The fourth-order valence-electron chi connectivity index (χ4n) is 0.990. The number of hydrogen-bond acceptors (Lipinski definition) is 4. The van der Waals surface area contributed by atoms with Crippen molar-refractivity contribution in [3.8, 4) is 0 Å². The van der Waals surface area contributed by atoms with Gasteiger partial charge in [-0.2, -0.15) is 5.10 Å². The summed E-state index contributed by atoms with van der Waals surface area (Å²) in [5, 5.41) is 3.78. The van der Waals surface area contributed by atoms with E-state index in [1.165, 1.54) is 10.9 Å². The van der Waals surface area contributed by atoms with Gasteiger partial charge in [-0.1, -0.05) is 0 Å². The van der Waals surface area contributed by atoms with Gasteiger partial charge in [0, 0.05) is 7.05 Å². The highest BCUT2D eigenvalue weighted by Gasteiger charge is 2.16. The Hall–Kier alpha value is -1.65. The van der Waals surface area contributed by atoms with Crippen LogP contribution in [0.15, 0.2) is 6.20 Å². The second-order valence-corrected chi connectivity index (χ2v) is 2.41. The largest absolute Gasteiger partial charge is 0.461 e. The van der Waals surface area contributed by atoms with Crippen molar-refractivity contribution in [2.45, 2.75) is 6.92 Å². The van der Waals surface area contributed by atoms with Crippen LogP contribution in [-0.4, -0.2) is 28.6 Å². The van der Waals surface area contributed by atoms with Crippen LogP contribution in [0.5, 0.6) is 0 Å². The molecule has 0 unspecified atom stereocenters. The Labute approximate surface area is 75.3 Å². The van der Waals surface area contributed by atoms with E-state index in [0.29, 0.717) is 6.29 Å². The van der Waals surface area contributed by atoms with Crippen molar-refractivity contribution in [3.05, 3.63) is 17.5 Å². The van der Waals surface area contributed by atoms with Gasteiger partial charge in [0.2, 0.25) is 0 Å². The van der Waals surface area contributed by atoms with E-state index in [9.17, 15) is 9.59 Å². The zero-order valence-electron chi connectivity index (χ0n) is 7.48. The lowest BCUT2D eigenvalue weighted by Crippen LogP contribution is -2.12. The van der Waals surface area contributed by atoms with E-state index in [0.717, 1.165) is 0 Å². The molecule has 1 rings (SSSR count). The lowest BCUT2D eigenvalue weighted by Gasteiger charge is -2.01. The second kappa shape index (κ2) is 3.84. The number of aromatic nitrogens is 2. The number of ether oxygens (including phenoxy) is 1. The molecule has 0 aliphatic heterocycles. The molecule has 1 aromatic heterocycles. The Bertz CT molecular complexity index is 330. The van der Waals surface area contributed by atoms with Crippen molar-refractivity contribution in [1.29, 1.82) is 0 Å². The monoisotopic (exact) mass is 182 g/mol. The SMILES string of the molecule is CCOC(=O)c1c(C=O)cnn1C.